The molecule has 1 aliphatic heterocycles. The van der Waals surface area contributed by atoms with Crippen LogP contribution in [0, 0.1) is 6.92 Å². The molecular weight excluding hydrogens is 456 g/mol. The van der Waals surface area contributed by atoms with Crippen LogP contribution in [0.2, 0.25) is 5.02 Å². The topological polar surface area (TPSA) is 76.6 Å². The summed E-state index contributed by atoms with van der Waals surface area (Å²) >= 11 is 7.61. The summed E-state index contributed by atoms with van der Waals surface area (Å²) in [6.45, 7) is 4.61. The van der Waals surface area contributed by atoms with Crippen LogP contribution in [0.4, 0.5) is 5.13 Å². The second-order valence-electron chi connectivity index (χ2n) is 7.54. The van der Waals surface area contributed by atoms with Crippen LogP contribution in [0.1, 0.15) is 35.7 Å². The summed E-state index contributed by atoms with van der Waals surface area (Å²) < 4.78 is 30.9. The molecule has 164 valence electrons. The predicted octanol–water partition coefficient (Wildman–Crippen LogP) is 4.88. The number of carbonyl (C=O) groups excluding carboxylic acids is 1. The SMILES string of the molecule is CCS(=O)(=O)c1ccc(C(=O)N(CC2CCCO2)c2nc3c(C)cc(Cl)cc3s2)cc1. The Balaban J connectivity index is 1.71. The number of hydrogen-bond donors (Lipinski definition) is 0. The minimum atomic E-state index is -3.33. The highest BCUT2D eigenvalue weighted by atomic mass is 35.5. The van der Waals surface area contributed by atoms with Crippen LogP contribution in [-0.2, 0) is 14.6 Å². The predicted molar refractivity (Wildman–Crippen MR) is 124 cm³/mol. The highest BCUT2D eigenvalue weighted by Crippen LogP contribution is 2.34. The van der Waals surface area contributed by atoms with E-state index >= 15 is 0 Å². The molecule has 0 saturated carbocycles. The van der Waals surface area contributed by atoms with Gasteiger partial charge in [0.2, 0.25) is 0 Å². The van der Waals surface area contributed by atoms with Gasteiger partial charge in [0.25, 0.3) is 5.91 Å². The van der Waals surface area contributed by atoms with E-state index in [1.807, 2.05) is 19.1 Å². The van der Waals surface area contributed by atoms with Gasteiger partial charge in [0.05, 0.1) is 33.5 Å². The summed E-state index contributed by atoms with van der Waals surface area (Å²) in [6.07, 6.45) is 1.79. The number of aromatic nitrogens is 1. The van der Waals surface area contributed by atoms with E-state index in [1.165, 1.54) is 23.5 Å². The van der Waals surface area contributed by atoms with E-state index in [0.717, 1.165) is 28.6 Å². The van der Waals surface area contributed by atoms with E-state index in [4.69, 9.17) is 21.3 Å². The maximum absolute atomic E-state index is 13.5. The molecule has 1 aliphatic rings. The molecule has 1 atom stereocenters. The number of aryl methyl sites for hydroxylation is 1. The fraction of sp³-hybridized carbons (Fsp3) is 0.364. The Morgan fingerprint density at radius 3 is 2.68 bits per heavy atom. The zero-order chi connectivity index (χ0) is 22.2. The average molecular weight is 479 g/mol. The van der Waals surface area contributed by atoms with E-state index < -0.39 is 9.84 Å². The van der Waals surface area contributed by atoms with Gasteiger partial charge in [-0.2, -0.15) is 0 Å². The van der Waals surface area contributed by atoms with Gasteiger partial charge in [0, 0.05) is 17.2 Å². The molecule has 2 heterocycles. The number of nitrogens with zero attached hydrogens (tertiary/aromatic N) is 2. The van der Waals surface area contributed by atoms with Crippen LogP contribution in [0.3, 0.4) is 0 Å². The number of carbonyl (C=O) groups is 1. The van der Waals surface area contributed by atoms with Crippen LogP contribution >= 0.6 is 22.9 Å². The molecule has 1 amide bonds. The Labute approximate surface area is 190 Å². The second-order valence-corrected chi connectivity index (χ2v) is 11.3. The Bertz CT molecular complexity index is 1220. The largest absolute Gasteiger partial charge is 0.376 e. The zero-order valence-electron chi connectivity index (χ0n) is 17.3. The van der Waals surface area contributed by atoms with Gasteiger partial charge in [0.1, 0.15) is 0 Å². The first-order valence-corrected chi connectivity index (χ1v) is 13.0. The maximum atomic E-state index is 13.5. The lowest BCUT2D eigenvalue weighted by molar-refractivity contribution is 0.0917. The smallest absolute Gasteiger partial charge is 0.260 e. The number of rotatable bonds is 6. The number of halogens is 1. The molecule has 9 heteroatoms. The lowest BCUT2D eigenvalue weighted by atomic mass is 10.2. The van der Waals surface area contributed by atoms with Crippen molar-refractivity contribution in [1.29, 1.82) is 0 Å². The molecule has 0 N–H and O–H groups in total. The van der Waals surface area contributed by atoms with E-state index in [9.17, 15) is 13.2 Å². The third-order valence-electron chi connectivity index (χ3n) is 5.37. The standard InChI is InChI=1S/C22H23ClN2O4S2/c1-3-31(27,28)18-8-6-15(7-9-18)21(26)25(13-17-5-4-10-29-17)22-24-20-14(2)11-16(23)12-19(20)30-22/h6-9,11-12,17H,3-5,10,13H2,1-2H3. The summed E-state index contributed by atoms with van der Waals surface area (Å²) in [5, 5.41) is 1.20. The Morgan fingerprint density at radius 2 is 2.03 bits per heavy atom. The maximum Gasteiger partial charge on any atom is 0.260 e. The number of amides is 1. The Hall–Kier alpha value is -2.00. The summed E-state index contributed by atoms with van der Waals surface area (Å²) in [5.74, 6) is -0.224. The van der Waals surface area contributed by atoms with Gasteiger partial charge in [-0.05, 0) is 61.7 Å². The molecule has 4 rings (SSSR count). The summed E-state index contributed by atoms with van der Waals surface area (Å²) in [4.78, 5) is 20.0. The molecule has 0 aliphatic carbocycles. The lowest BCUT2D eigenvalue weighted by Gasteiger charge is -2.23. The van der Waals surface area contributed by atoms with Crippen molar-refractivity contribution in [1.82, 2.24) is 4.98 Å². The normalized spacial score (nSPS) is 16.7. The molecule has 1 unspecified atom stereocenters. The van der Waals surface area contributed by atoms with Crippen molar-refractivity contribution in [2.75, 3.05) is 23.8 Å². The van der Waals surface area contributed by atoms with Gasteiger partial charge < -0.3 is 4.74 Å². The number of fused-ring (bicyclic) bond motifs is 1. The quantitative estimate of drug-likeness (QED) is 0.504. The summed E-state index contributed by atoms with van der Waals surface area (Å²) in [6, 6.07) is 9.79. The minimum Gasteiger partial charge on any atom is -0.376 e. The van der Waals surface area contributed by atoms with Crippen molar-refractivity contribution >= 4 is 54.0 Å². The minimum absolute atomic E-state index is 0.0129. The molecule has 0 radical (unpaired) electrons. The molecule has 6 nitrogen and oxygen atoms in total. The second kappa shape index (κ2) is 8.86. The van der Waals surface area contributed by atoms with E-state index in [2.05, 4.69) is 0 Å². The summed E-state index contributed by atoms with van der Waals surface area (Å²) in [5.41, 5.74) is 2.17. The molecule has 3 aromatic rings. The Kier molecular flexibility index (Phi) is 6.35. The molecule has 1 saturated heterocycles. The molecule has 1 fully saturated rings. The number of benzene rings is 2. The van der Waals surface area contributed by atoms with Crippen LogP contribution in [0.5, 0.6) is 0 Å². The monoisotopic (exact) mass is 478 g/mol. The van der Waals surface area contributed by atoms with Crippen molar-refractivity contribution < 1.29 is 17.9 Å². The van der Waals surface area contributed by atoms with Crippen LogP contribution in [0.15, 0.2) is 41.3 Å². The number of ether oxygens (including phenoxy) is 1. The highest BCUT2D eigenvalue weighted by Gasteiger charge is 2.27. The van der Waals surface area contributed by atoms with Gasteiger partial charge in [-0.25, -0.2) is 13.4 Å². The third kappa shape index (κ3) is 4.62. The fourth-order valence-electron chi connectivity index (χ4n) is 3.63. The number of hydrogen-bond acceptors (Lipinski definition) is 6. The van der Waals surface area contributed by atoms with Gasteiger partial charge in [-0.1, -0.05) is 29.9 Å². The van der Waals surface area contributed by atoms with Gasteiger partial charge in [0.15, 0.2) is 15.0 Å². The van der Waals surface area contributed by atoms with Gasteiger partial charge >= 0.3 is 0 Å². The molecule has 0 spiro atoms. The van der Waals surface area contributed by atoms with Crippen molar-refractivity contribution in [2.45, 2.75) is 37.7 Å². The van der Waals surface area contributed by atoms with Crippen molar-refractivity contribution in [2.24, 2.45) is 0 Å². The molecule has 2 aromatic carbocycles. The van der Waals surface area contributed by atoms with Crippen LogP contribution in [0.25, 0.3) is 10.2 Å². The third-order valence-corrected chi connectivity index (χ3v) is 8.36. The van der Waals surface area contributed by atoms with E-state index in [-0.39, 0.29) is 22.7 Å². The number of thiazole rings is 1. The van der Waals surface area contributed by atoms with Gasteiger partial charge in [-0.15, -0.1) is 0 Å². The fourth-order valence-corrected chi connectivity index (χ4v) is 5.94. The van der Waals surface area contributed by atoms with Crippen LogP contribution in [-0.4, -0.2) is 44.3 Å². The first kappa shape index (κ1) is 22.2. The van der Waals surface area contributed by atoms with Crippen molar-refractivity contribution in [3.63, 3.8) is 0 Å². The van der Waals surface area contributed by atoms with Crippen molar-refractivity contribution in [3.05, 3.63) is 52.5 Å². The number of anilines is 1. The first-order chi connectivity index (χ1) is 14.8. The summed E-state index contributed by atoms with van der Waals surface area (Å²) in [7, 11) is -3.33. The first-order valence-electron chi connectivity index (χ1n) is 10.1. The van der Waals surface area contributed by atoms with Gasteiger partial charge in [-0.3, -0.25) is 9.69 Å². The van der Waals surface area contributed by atoms with E-state index in [1.54, 1.807) is 24.0 Å². The molecule has 1 aromatic heterocycles. The molecule has 0 bridgehead atoms. The molecular formula is C22H23ClN2O4S2. The lowest BCUT2D eigenvalue weighted by Crippen LogP contribution is -2.37. The van der Waals surface area contributed by atoms with E-state index in [0.29, 0.717) is 28.9 Å². The number of sulfone groups is 1. The van der Waals surface area contributed by atoms with Crippen LogP contribution < -0.4 is 4.90 Å². The average Bonchev–Trinajstić information content (AvgIpc) is 3.41. The zero-order valence-corrected chi connectivity index (χ0v) is 19.7. The highest BCUT2D eigenvalue weighted by molar-refractivity contribution is 7.91. The Morgan fingerprint density at radius 1 is 1.29 bits per heavy atom. The van der Waals surface area contributed by atoms with Crippen molar-refractivity contribution in [3.8, 4) is 0 Å². The molecule has 31 heavy (non-hydrogen) atoms.